The van der Waals surface area contributed by atoms with E-state index in [9.17, 15) is 14.0 Å². The molecule has 36 heavy (non-hydrogen) atoms. The molecule has 0 aliphatic carbocycles. The van der Waals surface area contributed by atoms with Crippen LogP contribution in [0, 0.1) is 12.7 Å². The Kier molecular flexibility index (Phi) is 7.11. The number of urea groups is 1. The molecule has 0 saturated carbocycles. The predicted octanol–water partition coefficient (Wildman–Crippen LogP) is 3.36. The molecule has 4 aromatic rings. The normalized spacial score (nSPS) is 11.0. The van der Waals surface area contributed by atoms with Crippen LogP contribution in [-0.2, 0) is 0 Å². The maximum absolute atomic E-state index is 14.0. The lowest BCUT2D eigenvalue weighted by atomic mass is 10.0. The molecule has 2 aromatic carbocycles. The monoisotopic (exact) mass is 490 g/mol. The van der Waals surface area contributed by atoms with Gasteiger partial charge in [-0.05, 0) is 56.4 Å². The molecule has 3 amide bonds. The lowest BCUT2D eigenvalue weighted by molar-refractivity contribution is 0.0951. The second kappa shape index (κ2) is 10.4. The molecule has 0 atom stereocenters. The molecule has 0 unspecified atom stereocenters. The van der Waals surface area contributed by atoms with Crippen molar-refractivity contribution in [1.82, 2.24) is 24.8 Å². The first-order valence-corrected chi connectivity index (χ1v) is 11.2. The molecule has 186 valence electrons. The molecule has 2 heterocycles. The Morgan fingerprint density at radius 1 is 1.11 bits per heavy atom. The number of likely N-dealkylation sites (N-methyl/N-ethyl adjacent to an activating group) is 1. The van der Waals surface area contributed by atoms with Gasteiger partial charge in [0, 0.05) is 30.5 Å². The van der Waals surface area contributed by atoms with Crippen molar-refractivity contribution in [1.29, 1.82) is 0 Å². The molecule has 0 fully saturated rings. The molecule has 0 aliphatic heterocycles. The first kappa shape index (κ1) is 24.6. The van der Waals surface area contributed by atoms with E-state index in [0.29, 0.717) is 41.0 Å². The van der Waals surface area contributed by atoms with E-state index in [1.165, 1.54) is 16.9 Å². The molecule has 5 N–H and O–H groups in total. The summed E-state index contributed by atoms with van der Waals surface area (Å²) < 4.78 is 15.5. The van der Waals surface area contributed by atoms with Gasteiger partial charge in [0.1, 0.15) is 17.7 Å². The highest BCUT2D eigenvalue weighted by Crippen LogP contribution is 2.33. The lowest BCUT2D eigenvalue weighted by Gasteiger charge is -2.12. The fourth-order valence-corrected chi connectivity index (χ4v) is 3.73. The van der Waals surface area contributed by atoms with E-state index in [-0.39, 0.29) is 17.4 Å². The molecule has 4 rings (SSSR count). The minimum absolute atomic E-state index is 0.0878. The third-order valence-electron chi connectivity index (χ3n) is 5.49. The Hall–Kier alpha value is -4.51. The quantitative estimate of drug-likeness (QED) is 0.314. The molecular weight excluding hydrogens is 463 g/mol. The number of halogens is 1. The van der Waals surface area contributed by atoms with Gasteiger partial charge >= 0.3 is 6.03 Å². The van der Waals surface area contributed by atoms with Crippen LogP contribution in [0.15, 0.2) is 55.0 Å². The number of aromatic nitrogens is 3. The summed E-state index contributed by atoms with van der Waals surface area (Å²) >= 11 is 0. The topological polar surface area (TPSA) is 130 Å². The van der Waals surface area contributed by atoms with Crippen molar-refractivity contribution in [3.05, 3.63) is 71.9 Å². The number of nitrogen functional groups attached to an aromatic ring is 1. The maximum Gasteiger partial charge on any atom is 0.323 e. The number of carbonyl (C=O) groups is 2. The Labute approximate surface area is 207 Å². The summed E-state index contributed by atoms with van der Waals surface area (Å²) in [6.07, 6.45) is 2.94. The molecule has 0 radical (unpaired) electrons. The molecule has 0 bridgehead atoms. The Bertz CT molecular complexity index is 1420. The summed E-state index contributed by atoms with van der Waals surface area (Å²) in [5.41, 5.74) is 9.69. The SMILES string of the molecule is Cc1ccc(F)c(NC(=O)Nc2ccc(-c3c(C(=O)NCCN(C)C)cn4ncnc(N)c34)cc2)c1. The number of benzene rings is 2. The maximum atomic E-state index is 14.0. The number of fused-ring (bicyclic) bond motifs is 1. The fraction of sp³-hybridized carbons (Fsp3) is 0.200. The lowest BCUT2D eigenvalue weighted by Crippen LogP contribution is -2.31. The van der Waals surface area contributed by atoms with Crippen LogP contribution in [0.4, 0.5) is 26.4 Å². The smallest absolute Gasteiger partial charge is 0.323 e. The van der Waals surface area contributed by atoms with Gasteiger partial charge in [-0.2, -0.15) is 5.10 Å². The van der Waals surface area contributed by atoms with Crippen LogP contribution in [0.5, 0.6) is 0 Å². The number of amides is 3. The van der Waals surface area contributed by atoms with E-state index < -0.39 is 11.8 Å². The fourth-order valence-electron chi connectivity index (χ4n) is 3.73. The largest absolute Gasteiger partial charge is 0.382 e. The summed E-state index contributed by atoms with van der Waals surface area (Å²) in [6, 6.07) is 10.7. The van der Waals surface area contributed by atoms with Crippen molar-refractivity contribution in [2.24, 2.45) is 0 Å². The number of nitrogens with zero attached hydrogens (tertiary/aromatic N) is 4. The Balaban J connectivity index is 1.59. The Morgan fingerprint density at radius 3 is 2.58 bits per heavy atom. The minimum Gasteiger partial charge on any atom is -0.382 e. The van der Waals surface area contributed by atoms with Crippen molar-refractivity contribution in [2.45, 2.75) is 6.92 Å². The van der Waals surface area contributed by atoms with Gasteiger partial charge in [-0.15, -0.1) is 0 Å². The summed E-state index contributed by atoms with van der Waals surface area (Å²) in [4.78, 5) is 31.4. The second-order valence-electron chi connectivity index (χ2n) is 8.56. The number of aryl methyl sites for hydroxylation is 1. The van der Waals surface area contributed by atoms with Crippen LogP contribution in [0.2, 0.25) is 0 Å². The molecular formula is C25H27FN8O2. The highest BCUT2D eigenvalue weighted by Gasteiger charge is 2.21. The van der Waals surface area contributed by atoms with Gasteiger partial charge in [0.25, 0.3) is 5.91 Å². The average Bonchev–Trinajstić information content (AvgIpc) is 3.23. The molecule has 0 aliphatic rings. The van der Waals surface area contributed by atoms with Gasteiger partial charge in [-0.3, -0.25) is 4.79 Å². The van der Waals surface area contributed by atoms with Crippen molar-refractivity contribution in [3.63, 3.8) is 0 Å². The zero-order chi connectivity index (χ0) is 25.8. The number of anilines is 3. The van der Waals surface area contributed by atoms with Crippen LogP contribution >= 0.6 is 0 Å². The van der Waals surface area contributed by atoms with Crippen molar-refractivity contribution in [3.8, 4) is 11.1 Å². The van der Waals surface area contributed by atoms with Crippen LogP contribution in [0.3, 0.4) is 0 Å². The second-order valence-corrected chi connectivity index (χ2v) is 8.56. The summed E-state index contributed by atoms with van der Waals surface area (Å²) in [5, 5.41) is 12.3. The molecule has 10 nitrogen and oxygen atoms in total. The third-order valence-corrected chi connectivity index (χ3v) is 5.49. The van der Waals surface area contributed by atoms with Crippen LogP contribution < -0.4 is 21.7 Å². The van der Waals surface area contributed by atoms with Gasteiger partial charge in [-0.1, -0.05) is 18.2 Å². The highest BCUT2D eigenvalue weighted by atomic mass is 19.1. The number of hydrogen-bond donors (Lipinski definition) is 4. The van der Waals surface area contributed by atoms with E-state index in [2.05, 4.69) is 26.0 Å². The number of carbonyl (C=O) groups excluding carboxylic acids is 2. The summed E-state index contributed by atoms with van der Waals surface area (Å²) in [5.74, 6) is -0.560. The van der Waals surface area contributed by atoms with Crippen LogP contribution in [-0.4, -0.2) is 58.6 Å². The van der Waals surface area contributed by atoms with Crippen LogP contribution in [0.25, 0.3) is 16.6 Å². The van der Waals surface area contributed by atoms with Crippen molar-refractivity contribution >= 4 is 34.6 Å². The number of rotatable bonds is 7. The van der Waals surface area contributed by atoms with Gasteiger partial charge < -0.3 is 26.6 Å². The summed E-state index contributed by atoms with van der Waals surface area (Å²) in [7, 11) is 3.85. The number of hydrogen-bond acceptors (Lipinski definition) is 6. The number of nitrogens with one attached hydrogen (secondary N) is 3. The van der Waals surface area contributed by atoms with E-state index in [0.717, 1.165) is 5.56 Å². The standard InChI is InChI=1S/C25H27FN8O2/c1-15-4-9-19(26)20(12-15)32-25(36)31-17-7-5-16(6-8-17)21-18(24(35)28-10-11-33(2)3)13-34-22(21)23(27)29-14-30-34/h4-9,12-14H,10-11H2,1-3H3,(H,28,35)(H2,27,29,30)(H2,31,32,36). The van der Waals surface area contributed by atoms with Crippen molar-refractivity contribution in [2.75, 3.05) is 43.6 Å². The van der Waals surface area contributed by atoms with Gasteiger partial charge in [0.2, 0.25) is 0 Å². The molecule has 11 heteroatoms. The molecule has 2 aromatic heterocycles. The highest BCUT2D eigenvalue weighted by molar-refractivity contribution is 6.07. The zero-order valence-corrected chi connectivity index (χ0v) is 20.2. The van der Waals surface area contributed by atoms with E-state index in [4.69, 9.17) is 5.73 Å². The average molecular weight is 491 g/mol. The van der Waals surface area contributed by atoms with E-state index in [1.807, 2.05) is 19.0 Å². The van der Waals surface area contributed by atoms with E-state index in [1.54, 1.807) is 49.5 Å². The first-order valence-electron chi connectivity index (χ1n) is 11.2. The zero-order valence-electron chi connectivity index (χ0n) is 20.2. The van der Waals surface area contributed by atoms with Gasteiger partial charge in [0.15, 0.2) is 5.82 Å². The Morgan fingerprint density at radius 2 is 1.86 bits per heavy atom. The van der Waals surface area contributed by atoms with Gasteiger partial charge in [0.05, 0.1) is 11.3 Å². The predicted molar refractivity (Wildman–Crippen MR) is 138 cm³/mol. The third kappa shape index (κ3) is 5.41. The minimum atomic E-state index is -0.583. The van der Waals surface area contributed by atoms with Crippen LogP contribution in [0.1, 0.15) is 15.9 Å². The summed E-state index contributed by atoms with van der Waals surface area (Å²) in [6.45, 7) is 2.96. The number of nitrogens with two attached hydrogens (primary N) is 1. The van der Waals surface area contributed by atoms with E-state index >= 15 is 0 Å². The van der Waals surface area contributed by atoms with Gasteiger partial charge in [-0.25, -0.2) is 18.7 Å². The molecule has 0 saturated heterocycles. The molecule has 0 spiro atoms. The van der Waals surface area contributed by atoms with Crippen molar-refractivity contribution < 1.29 is 14.0 Å². The first-order chi connectivity index (χ1) is 17.2.